The Kier molecular flexibility index (Phi) is 1.87. The Bertz CT molecular complexity index is 545. The van der Waals surface area contributed by atoms with E-state index in [1.807, 2.05) is 0 Å². The molecule has 16 heavy (non-hydrogen) atoms. The molecule has 0 unspecified atom stereocenters. The lowest BCUT2D eigenvalue weighted by Gasteiger charge is -2.33. The van der Waals surface area contributed by atoms with Crippen LogP contribution in [0, 0.1) is 0 Å². The zero-order chi connectivity index (χ0) is 11.2. The zero-order valence-corrected chi connectivity index (χ0v) is 9.58. The highest BCUT2D eigenvalue weighted by atomic mass is 16.5. The van der Waals surface area contributed by atoms with Crippen LogP contribution < -0.4 is 10.1 Å². The molecule has 1 N–H and O–H groups in total. The van der Waals surface area contributed by atoms with E-state index in [2.05, 4.69) is 55.6 Å². The number of nitrogens with one attached hydrogen (secondary N) is 1. The highest BCUT2D eigenvalue weighted by molar-refractivity contribution is 5.89. The molecule has 1 aliphatic rings. The van der Waals surface area contributed by atoms with Gasteiger partial charge in [0.2, 0.25) is 0 Å². The van der Waals surface area contributed by atoms with Crippen LogP contribution in [0.4, 0.5) is 5.69 Å². The summed E-state index contributed by atoms with van der Waals surface area (Å²) in [5.41, 5.74) is 0.966. The Morgan fingerprint density at radius 3 is 2.56 bits per heavy atom. The van der Waals surface area contributed by atoms with Crippen molar-refractivity contribution >= 4 is 16.5 Å². The van der Waals surface area contributed by atoms with Crippen LogP contribution in [-0.4, -0.2) is 12.1 Å². The van der Waals surface area contributed by atoms with Gasteiger partial charge in [-0.25, -0.2) is 0 Å². The minimum absolute atomic E-state index is 0.130. The topological polar surface area (TPSA) is 21.3 Å². The average Bonchev–Trinajstić information content (AvgIpc) is 2.25. The van der Waals surface area contributed by atoms with Gasteiger partial charge in [0.05, 0.1) is 12.2 Å². The van der Waals surface area contributed by atoms with Crippen LogP contribution in [0.15, 0.2) is 36.4 Å². The summed E-state index contributed by atoms with van der Waals surface area (Å²) in [4.78, 5) is 0. The standard InChI is InChI=1S/C14H15NO/c1-14(2)9-15-12-7-10-5-3-4-6-11(10)8-13(12)16-14/h3-8,15H,9H2,1-2H3. The molecule has 0 saturated carbocycles. The maximum Gasteiger partial charge on any atom is 0.143 e. The molecule has 82 valence electrons. The molecular weight excluding hydrogens is 198 g/mol. The van der Waals surface area contributed by atoms with E-state index >= 15 is 0 Å². The van der Waals surface area contributed by atoms with Crippen molar-refractivity contribution in [1.82, 2.24) is 0 Å². The number of hydrogen-bond acceptors (Lipinski definition) is 2. The predicted molar refractivity (Wildman–Crippen MR) is 67.1 cm³/mol. The van der Waals surface area contributed by atoms with Gasteiger partial charge in [0.15, 0.2) is 0 Å². The van der Waals surface area contributed by atoms with Crippen molar-refractivity contribution in [3.05, 3.63) is 36.4 Å². The van der Waals surface area contributed by atoms with E-state index in [0.29, 0.717) is 0 Å². The van der Waals surface area contributed by atoms with Gasteiger partial charge in [-0.1, -0.05) is 24.3 Å². The summed E-state index contributed by atoms with van der Waals surface area (Å²) in [7, 11) is 0. The van der Waals surface area contributed by atoms with Crippen LogP contribution >= 0.6 is 0 Å². The highest BCUT2D eigenvalue weighted by Crippen LogP contribution is 2.36. The third-order valence-electron chi connectivity index (χ3n) is 2.94. The molecular formula is C14H15NO. The molecule has 0 aromatic heterocycles. The second kappa shape index (κ2) is 3.14. The number of ether oxygens (including phenoxy) is 1. The second-order valence-electron chi connectivity index (χ2n) is 4.91. The fourth-order valence-corrected chi connectivity index (χ4v) is 2.08. The molecule has 1 heterocycles. The van der Waals surface area contributed by atoms with Gasteiger partial charge in [0.1, 0.15) is 11.4 Å². The van der Waals surface area contributed by atoms with Crippen LogP contribution in [0.2, 0.25) is 0 Å². The molecule has 0 amide bonds. The minimum Gasteiger partial charge on any atom is -0.484 e. The fourth-order valence-electron chi connectivity index (χ4n) is 2.08. The Morgan fingerprint density at radius 2 is 1.81 bits per heavy atom. The van der Waals surface area contributed by atoms with Crippen LogP contribution in [-0.2, 0) is 0 Å². The van der Waals surface area contributed by atoms with Crippen LogP contribution in [0.5, 0.6) is 5.75 Å². The van der Waals surface area contributed by atoms with Gasteiger partial charge in [-0.3, -0.25) is 0 Å². The average molecular weight is 213 g/mol. The predicted octanol–water partition coefficient (Wildman–Crippen LogP) is 3.42. The molecule has 2 aromatic carbocycles. The zero-order valence-electron chi connectivity index (χ0n) is 9.58. The van der Waals surface area contributed by atoms with Crippen LogP contribution in [0.3, 0.4) is 0 Å². The SMILES string of the molecule is CC1(C)CNc2cc3ccccc3cc2O1. The number of anilines is 1. The van der Waals surface area contributed by atoms with Crippen molar-refractivity contribution in [2.45, 2.75) is 19.4 Å². The van der Waals surface area contributed by atoms with Crippen molar-refractivity contribution in [3.8, 4) is 5.75 Å². The molecule has 0 bridgehead atoms. The van der Waals surface area contributed by atoms with E-state index in [4.69, 9.17) is 4.74 Å². The summed E-state index contributed by atoms with van der Waals surface area (Å²) in [5.74, 6) is 0.954. The van der Waals surface area contributed by atoms with Crippen molar-refractivity contribution in [1.29, 1.82) is 0 Å². The van der Waals surface area contributed by atoms with Crippen molar-refractivity contribution in [2.75, 3.05) is 11.9 Å². The summed E-state index contributed by atoms with van der Waals surface area (Å²) in [6.07, 6.45) is 0. The number of rotatable bonds is 0. The first-order valence-electron chi connectivity index (χ1n) is 5.60. The first-order valence-corrected chi connectivity index (χ1v) is 5.60. The van der Waals surface area contributed by atoms with E-state index in [0.717, 1.165) is 18.0 Å². The molecule has 2 aromatic rings. The summed E-state index contributed by atoms with van der Waals surface area (Å²) < 4.78 is 5.96. The van der Waals surface area contributed by atoms with Gasteiger partial charge in [-0.05, 0) is 36.8 Å². The van der Waals surface area contributed by atoms with Crippen molar-refractivity contribution in [3.63, 3.8) is 0 Å². The smallest absolute Gasteiger partial charge is 0.143 e. The maximum atomic E-state index is 5.96. The first kappa shape index (κ1) is 9.52. The van der Waals surface area contributed by atoms with Gasteiger partial charge in [0.25, 0.3) is 0 Å². The normalized spacial score (nSPS) is 17.4. The molecule has 2 nitrogen and oxygen atoms in total. The van der Waals surface area contributed by atoms with Crippen LogP contribution in [0.1, 0.15) is 13.8 Å². The molecule has 0 radical (unpaired) electrons. The quantitative estimate of drug-likeness (QED) is 0.724. The molecule has 0 saturated heterocycles. The molecule has 0 atom stereocenters. The summed E-state index contributed by atoms with van der Waals surface area (Å²) in [6.45, 7) is 5.04. The summed E-state index contributed by atoms with van der Waals surface area (Å²) in [5, 5.41) is 5.89. The molecule has 3 rings (SSSR count). The van der Waals surface area contributed by atoms with E-state index < -0.39 is 0 Å². The Hall–Kier alpha value is -1.70. The number of fused-ring (bicyclic) bond motifs is 2. The molecule has 0 spiro atoms. The molecule has 0 aliphatic carbocycles. The van der Waals surface area contributed by atoms with Gasteiger partial charge in [0, 0.05) is 0 Å². The molecule has 0 fully saturated rings. The minimum atomic E-state index is -0.130. The van der Waals surface area contributed by atoms with Crippen molar-refractivity contribution in [2.24, 2.45) is 0 Å². The van der Waals surface area contributed by atoms with E-state index in [9.17, 15) is 0 Å². The third kappa shape index (κ3) is 1.51. The maximum absolute atomic E-state index is 5.96. The van der Waals surface area contributed by atoms with Gasteiger partial charge >= 0.3 is 0 Å². The lowest BCUT2D eigenvalue weighted by Crippen LogP contribution is -2.39. The second-order valence-corrected chi connectivity index (χ2v) is 4.91. The Labute approximate surface area is 95.2 Å². The third-order valence-corrected chi connectivity index (χ3v) is 2.94. The number of hydrogen-bond donors (Lipinski definition) is 1. The monoisotopic (exact) mass is 213 g/mol. The largest absolute Gasteiger partial charge is 0.484 e. The van der Waals surface area contributed by atoms with Crippen LogP contribution in [0.25, 0.3) is 10.8 Å². The molecule has 2 heteroatoms. The fraction of sp³-hybridized carbons (Fsp3) is 0.286. The summed E-state index contributed by atoms with van der Waals surface area (Å²) >= 11 is 0. The van der Waals surface area contributed by atoms with E-state index in [1.165, 1.54) is 10.8 Å². The van der Waals surface area contributed by atoms with Crippen molar-refractivity contribution < 1.29 is 4.74 Å². The number of benzene rings is 2. The van der Waals surface area contributed by atoms with Gasteiger partial charge < -0.3 is 10.1 Å². The highest BCUT2D eigenvalue weighted by Gasteiger charge is 2.26. The summed E-state index contributed by atoms with van der Waals surface area (Å²) in [6, 6.07) is 12.6. The molecule has 1 aliphatic heterocycles. The van der Waals surface area contributed by atoms with E-state index in [1.54, 1.807) is 0 Å². The first-order chi connectivity index (χ1) is 7.64. The van der Waals surface area contributed by atoms with Gasteiger partial charge in [-0.15, -0.1) is 0 Å². The lowest BCUT2D eigenvalue weighted by atomic mass is 10.0. The van der Waals surface area contributed by atoms with E-state index in [-0.39, 0.29) is 5.60 Å². The Morgan fingerprint density at radius 1 is 1.12 bits per heavy atom. The Balaban J connectivity index is 2.17. The van der Waals surface area contributed by atoms with Gasteiger partial charge in [-0.2, -0.15) is 0 Å². The lowest BCUT2D eigenvalue weighted by molar-refractivity contribution is 0.116.